The van der Waals surface area contributed by atoms with E-state index in [1.165, 1.54) is 0 Å². The summed E-state index contributed by atoms with van der Waals surface area (Å²) in [5.74, 6) is 1.25. The Bertz CT molecular complexity index is 347. The van der Waals surface area contributed by atoms with Crippen molar-refractivity contribution < 1.29 is 9.84 Å². The van der Waals surface area contributed by atoms with Crippen LogP contribution in [0.2, 0.25) is 0 Å². The lowest BCUT2D eigenvalue weighted by Crippen LogP contribution is -2.09. The summed E-state index contributed by atoms with van der Waals surface area (Å²) in [5, 5.41) is 9.66. The maximum Gasteiger partial charge on any atom is 0.133 e. The maximum absolute atomic E-state index is 9.66. The molecule has 1 aromatic rings. The van der Waals surface area contributed by atoms with Gasteiger partial charge in [-0.3, -0.25) is 0 Å². The van der Waals surface area contributed by atoms with Crippen molar-refractivity contribution in [2.24, 2.45) is 0 Å². The zero-order chi connectivity index (χ0) is 9.42. The first-order chi connectivity index (χ1) is 6.20. The lowest BCUT2D eigenvalue weighted by atomic mass is 10.0. The Hall–Kier alpha value is -0.700. The fraction of sp³-hybridized carbons (Fsp3) is 0.400. The summed E-state index contributed by atoms with van der Waals surface area (Å²) in [6.45, 7) is 2.71. The molecule has 0 fully saturated rings. The van der Waals surface area contributed by atoms with E-state index in [0.717, 1.165) is 36.3 Å². The third kappa shape index (κ3) is 1.41. The highest BCUT2D eigenvalue weighted by Gasteiger charge is 2.17. The third-order valence-electron chi connectivity index (χ3n) is 2.42. The van der Waals surface area contributed by atoms with Crippen LogP contribution in [0, 0.1) is 6.92 Å². The molecule has 0 aromatic heterocycles. The van der Waals surface area contributed by atoms with Crippen LogP contribution >= 0.6 is 15.9 Å². The van der Waals surface area contributed by atoms with E-state index in [4.69, 9.17) is 4.74 Å². The van der Waals surface area contributed by atoms with Crippen molar-refractivity contribution in [2.75, 3.05) is 6.61 Å². The van der Waals surface area contributed by atoms with Gasteiger partial charge in [-0.15, -0.1) is 0 Å². The lowest BCUT2D eigenvalue weighted by molar-refractivity contribution is 0.286. The molecule has 0 spiro atoms. The van der Waals surface area contributed by atoms with Gasteiger partial charge in [-0.2, -0.15) is 0 Å². The van der Waals surface area contributed by atoms with Crippen LogP contribution in [0.3, 0.4) is 0 Å². The van der Waals surface area contributed by atoms with E-state index in [1.54, 1.807) is 0 Å². The van der Waals surface area contributed by atoms with Crippen LogP contribution in [-0.4, -0.2) is 11.7 Å². The van der Waals surface area contributed by atoms with Crippen LogP contribution in [-0.2, 0) is 6.42 Å². The minimum absolute atomic E-state index is 0.337. The average Bonchev–Trinajstić information content (AvgIpc) is 2.15. The number of phenolic OH excluding ortho intramolecular Hbond substituents is 1. The summed E-state index contributed by atoms with van der Waals surface area (Å²) in [5.41, 5.74) is 2.08. The summed E-state index contributed by atoms with van der Waals surface area (Å²) in [6.07, 6.45) is 2.04. The van der Waals surface area contributed by atoms with E-state index in [0.29, 0.717) is 10.2 Å². The Morgan fingerprint density at radius 3 is 3.08 bits per heavy atom. The highest BCUT2D eigenvalue weighted by atomic mass is 79.9. The van der Waals surface area contributed by atoms with Gasteiger partial charge in [0.05, 0.1) is 11.1 Å². The maximum atomic E-state index is 9.66. The number of hydrogen-bond acceptors (Lipinski definition) is 2. The van der Waals surface area contributed by atoms with Gasteiger partial charge in [0, 0.05) is 5.56 Å². The number of hydrogen-bond donors (Lipinski definition) is 1. The molecule has 0 atom stereocenters. The van der Waals surface area contributed by atoms with E-state index in [-0.39, 0.29) is 0 Å². The zero-order valence-corrected chi connectivity index (χ0v) is 9.02. The molecule has 2 nitrogen and oxygen atoms in total. The molecule has 2 rings (SSSR count). The summed E-state index contributed by atoms with van der Waals surface area (Å²) >= 11 is 3.30. The second-order valence-electron chi connectivity index (χ2n) is 3.26. The molecule has 0 aliphatic carbocycles. The van der Waals surface area contributed by atoms with E-state index in [1.807, 2.05) is 13.0 Å². The number of fused-ring (bicyclic) bond motifs is 1. The standard InChI is InChI=1S/C10H11BrO2/c1-6-7-3-2-4-13-9(7)5-8(11)10(6)12/h5,12H,2-4H2,1H3. The van der Waals surface area contributed by atoms with Crippen molar-refractivity contribution in [3.8, 4) is 11.5 Å². The van der Waals surface area contributed by atoms with Gasteiger partial charge < -0.3 is 9.84 Å². The summed E-state index contributed by atoms with van der Waals surface area (Å²) in [6, 6.07) is 1.84. The van der Waals surface area contributed by atoms with E-state index < -0.39 is 0 Å². The second-order valence-corrected chi connectivity index (χ2v) is 4.12. The van der Waals surface area contributed by atoms with Crippen LogP contribution in [0.4, 0.5) is 0 Å². The Kier molecular flexibility index (Phi) is 2.20. The molecule has 1 heterocycles. The van der Waals surface area contributed by atoms with Gasteiger partial charge in [-0.05, 0) is 47.3 Å². The molecule has 0 saturated heterocycles. The molecule has 3 heteroatoms. The predicted molar refractivity (Wildman–Crippen MR) is 54.4 cm³/mol. The van der Waals surface area contributed by atoms with Crippen LogP contribution < -0.4 is 4.74 Å². The van der Waals surface area contributed by atoms with Gasteiger partial charge in [-0.25, -0.2) is 0 Å². The van der Waals surface area contributed by atoms with Crippen LogP contribution in [0.25, 0.3) is 0 Å². The first kappa shape index (κ1) is 8.88. The average molecular weight is 243 g/mol. The van der Waals surface area contributed by atoms with Crippen molar-refractivity contribution in [1.29, 1.82) is 0 Å². The monoisotopic (exact) mass is 242 g/mol. The Morgan fingerprint density at radius 1 is 1.54 bits per heavy atom. The van der Waals surface area contributed by atoms with Gasteiger partial charge in [0.1, 0.15) is 11.5 Å². The highest BCUT2D eigenvalue weighted by Crippen LogP contribution is 2.38. The molecule has 0 bridgehead atoms. The highest BCUT2D eigenvalue weighted by molar-refractivity contribution is 9.10. The molecule has 1 N–H and O–H groups in total. The van der Waals surface area contributed by atoms with Gasteiger partial charge in [0.15, 0.2) is 0 Å². The van der Waals surface area contributed by atoms with Crippen LogP contribution in [0.15, 0.2) is 10.5 Å². The predicted octanol–water partition coefficient (Wildman–Crippen LogP) is 2.79. The summed E-state index contributed by atoms with van der Waals surface area (Å²) in [7, 11) is 0. The number of aromatic hydroxyl groups is 1. The molecule has 0 saturated carbocycles. The van der Waals surface area contributed by atoms with E-state index in [2.05, 4.69) is 15.9 Å². The molecule has 0 unspecified atom stereocenters. The molecule has 1 aliphatic heterocycles. The first-order valence-corrected chi connectivity index (χ1v) is 5.13. The van der Waals surface area contributed by atoms with Gasteiger partial charge >= 0.3 is 0 Å². The lowest BCUT2D eigenvalue weighted by Gasteiger charge is -2.20. The van der Waals surface area contributed by atoms with E-state index in [9.17, 15) is 5.11 Å². The molecule has 13 heavy (non-hydrogen) atoms. The third-order valence-corrected chi connectivity index (χ3v) is 3.02. The van der Waals surface area contributed by atoms with E-state index >= 15 is 0 Å². The number of halogens is 1. The van der Waals surface area contributed by atoms with Crippen LogP contribution in [0.1, 0.15) is 17.5 Å². The summed E-state index contributed by atoms with van der Waals surface area (Å²) < 4.78 is 6.21. The van der Waals surface area contributed by atoms with Gasteiger partial charge in [-0.1, -0.05) is 0 Å². The molecular weight excluding hydrogens is 232 g/mol. The van der Waals surface area contributed by atoms with Crippen LogP contribution in [0.5, 0.6) is 11.5 Å². The Labute approximate surface area is 85.7 Å². The smallest absolute Gasteiger partial charge is 0.133 e. The van der Waals surface area contributed by atoms with Gasteiger partial charge in [0.25, 0.3) is 0 Å². The number of phenols is 1. The van der Waals surface area contributed by atoms with Crippen molar-refractivity contribution in [3.63, 3.8) is 0 Å². The number of benzene rings is 1. The molecule has 0 amide bonds. The van der Waals surface area contributed by atoms with Crippen molar-refractivity contribution >= 4 is 15.9 Å². The SMILES string of the molecule is Cc1c(O)c(Br)cc2c1CCCO2. The summed E-state index contributed by atoms with van der Waals surface area (Å²) in [4.78, 5) is 0. The molecule has 1 aliphatic rings. The molecule has 1 aromatic carbocycles. The fourth-order valence-electron chi connectivity index (χ4n) is 1.65. The second kappa shape index (κ2) is 3.22. The van der Waals surface area contributed by atoms with Crippen molar-refractivity contribution in [1.82, 2.24) is 0 Å². The first-order valence-electron chi connectivity index (χ1n) is 4.34. The quantitative estimate of drug-likeness (QED) is 0.759. The zero-order valence-electron chi connectivity index (χ0n) is 7.43. The minimum Gasteiger partial charge on any atom is -0.506 e. The Morgan fingerprint density at radius 2 is 2.31 bits per heavy atom. The number of rotatable bonds is 0. The number of ether oxygens (including phenoxy) is 1. The minimum atomic E-state index is 0.337. The van der Waals surface area contributed by atoms with Crippen molar-refractivity contribution in [2.45, 2.75) is 19.8 Å². The van der Waals surface area contributed by atoms with Gasteiger partial charge in [0.2, 0.25) is 0 Å². The molecule has 0 radical (unpaired) electrons. The van der Waals surface area contributed by atoms with Crippen molar-refractivity contribution in [3.05, 3.63) is 21.7 Å². The largest absolute Gasteiger partial charge is 0.506 e. The topological polar surface area (TPSA) is 29.5 Å². The normalized spacial score (nSPS) is 14.9. The molecule has 70 valence electrons. The molecular formula is C10H11BrO2. The fourth-order valence-corrected chi connectivity index (χ4v) is 2.15. The Balaban J connectivity index is 2.60.